The minimum absolute atomic E-state index is 0.153. The van der Waals surface area contributed by atoms with Gasteiger partial charge in [-0.05, 0) is 45.4 Å². The lowest BCUT2D eigenvalue weighted by atomic mass is 10.00. The average Bonchev–Trinajstić information content (AvgIpc) is 3.25. The number of methoxy groups -OCH3 is 1. The molecule has 1 unspecified atom stereocenters. The Hall–Kier alpha value is -3.03. The van der Waals surface area contributed by atoms with E-state index in [1.165, 1.54) is 18.3 Å². The summed E-state index contributed by atoms with van der Waals surface area (Å²) in [6, 6.07) is 2.35. The van der Waals surface area contributed by atoms with E-state index in [2.05, 4.69) is 5.32 Å². The van der Waals surface area contributed by atoms with Crippen LogP contribution in [-0.4, -0.2) is 46.9 Å². The second-order valence-electron chi connectivity index (χ2n) is 6.57. The molecule has 1 atom stereocenters. The molecule has 2 aromatic heterocycles. The summed E-state index contributed by atoms with van der Waals surface area (Å²) in [4.78, 5) is 39.4. The third kappa shape index (κ3) is 3.95. The number of ketones is 1. The van der Waals surface area contributed by atoms with E-state index in [-0.39, 0.29) is 18.4 Å². The summed E-state index contributed by atoms with van der Waals surface area (Å²) in [6.07, 6.45) is 1.52. The van der Waals surface area contributed by atoms with Crippen molar-refractivity contribution in [3.8, 4) is 0 Å². The van der Waals surface area contributed by atoms with Crippen LogP contribution in [0.3, 0.4) is 0 Å². The Morgan fingerprint density at radius 3 is 2.54 bits per heavy atom. The average molecular weight is 389 g/mol. The van der Waals surface area contributed by atoms with Crippen LogP contribution < -0.4 is 5.32 Å². The van der Waals surface area contributed by atoms with Crippen molar-refractivity contribution in [2.24, 2.45) is 7.05 Å². The van der Waals surface area contributed by atoms with E-state index in [0.29, 0.717) is 34.8 Å². The number of hydrogen-bond acceptors (Lipinski definition) is 5. The molecular weight excluding hydrogens is 362 g/mol. The molecule has 0 aromatic carbocycles. The van der Waals surface area contributed by atoms with Gasteiger partial charge in [-0.2, -0.15) is 0 Å². The van der Waals surface area contributed by atoms with Crippen LogP contribution in [0, 0.1) is 13.8 Å². The molecule has 2 rings (SSSR count). The minimum atomic E-state index is -0.762. The lowest BCUT2D eigenvalue weighted by molar-refractivity contribution is 0.0588. The van der Waals surface area contributed by atoms with Gasteiger partial charge in [-0.1, -0.05) is 0 Å². The zero-order chi connectivity index (χ0) is 21.0. The number of amides is 2. The van der Waals surface area contributed by atoms with Gasteiger partial charge < -0.3 is 23.9 Å². The van der Waals surface area contributed by atoms with E-state index in [1.54, 1.807) is 44.5 Å². The van der Waals surface area contributed by atoms with Crippen LogP contribution in [0.2, 0.25) is 0 Å². The molecule has 8 nitrogen and oxygen atoms in total. The monoisotopic (exact) mass is 389 g/mol. The number of nitrogens with zero attached hydrogens (tertiary/aromatic N) is 2. The smallest absolute Gasteiger partial charge is 0.354 e. The van der Waals surface area contributed by atoms with Gasteiger partial charge in [-0.3, -0.25) is 4.79 Å². The van der Waals surface area contributed by atoms with Gasteiger partial charge >= 0.3 is 12.0 Å². The van der Waals surface area contributed by atoms with Crippen LogP contribution in [0.25, 0.3) is 0 Å². The Morgan fingerprint density at radius 2 is 2.00 bits per heavy atom. The quantitative estimate of drug-likeness (QED) is 0.580. The summed E-state index contributed by atoms with van der Waals surface area (Å²) in [5.74, 6) is -0.188. The number of esters is 1. The summed E-state index contributed by atoms with van der Waals surface area (Å²) >= 11 is 0. The van der Waals surface area contributed by atoms with Gasteiger partial charge in [-0.25, -0.2) is 9.59 Å². The van der Waals surface area contributed by atoms with E-state index in [4.69, 9.17) is 9.15 Å². The summed E-state index contributed by atoms with van der Waals surface area (Å²) in [5, 5.41) is 2.73. The minimum Gasteiger partial charge on any atom is -0.467 e. The molecule has 0 saturated heterocycles. The molecule has 0 fully saturated rings. The number of hydrogen-bond donors (Lipinski definition) is 1. The number of Topliss-reactive ketones (excluding diaryl/α,β-unsaturated/α-hetero) is 1. The Labute approximate surface area is 164 Å². The number of furan rings is 1. The summed E-state index contributed by atoms with van der Waals surface area (Å²) < 4.78 is 11.8. The zero-order valence-electron chi connectivity index (χ0n) is 17.2. The predicted octanol–water partition coefficient (Wildman–Crippen LogP) is 2.82. The van der Waals surface area contributed by atoms with Crippen molar-refractivity contribution < 1.29 is 23.5 Å². The maximum atomic E-state index is 13.3. The fraction of sp³-hybridized carbons (Fsp3) is 0.450. The second-order valence-corrected chi connectivity index (χ2v) is 6.57. The molecule has 0 aliphatic rings. The highest BCUT2D eigenvalue weighted by atomic mass is 16.5. The molecule has 2 amide bonds. The molecule has 0 aliphatic carbocycles. The molecule has 0 saturated carbocycles. The second kappa shape index (κ2) is 8.77. The van der Waals surface area contributed by atoms with Crippen LogP contribution in [0.4, 0.5) is 4.79 Å². The van der Waals surface area contributed by atoms with Gasteiger partial charge in [0.2, 0.25) is 0 Å². The van der Waals surface area contributed by atoms with Gasteiger partial charge in [0.05, 0.1) is 26.0 Å². The van der Waals surface area contributed by atoms with Crippen molar-refractivity contribution in [3.63, 3.8) is 0 Å². The fourth-order valence-electron chi connectivity index (χ4n) is 3.28. The molecular formula is C20H27N3O5. The summed E-state index contributed by atoms with van der Waals surface area (Å²) in [6.45, 7) is 7.54. The van der Waals surface area contributed by atoms with Crippen LogP contribution in [0.1, 0.15) is 51.7 Å². The molecule has 2 heterocycles. The van der Waals surface area contributed by atoms with Crippen molar-refractivity contribution in [1.29, 1.82) is 0 Å². The largest absolute Gasteiger partial charge is 0.467 e. The first kappa shape index (κ1) is 21.3. The first-order valence-corrected chi connectivity index (χ1v) is 9.09. The number of carbonyl (C=O) groups is 3. The summed E-state index contributed by atoms with van der Waals surface area (Å²) in [7, 11) is 3.01. The number of carbonyl (C=O) groups excluding carboxylic acids is 3. The van der Waals surface area contributed by atoms with Crippen molar-refractivity contribution in [2.45, 2.75) is 40.3 Å². The Bertz CT molecular complexity index is 867. The Morgan fingerprint density at radius 1 is 1.32 bits per heavy atom. The van der Waals surface area contributed by atoms with Gasteiger partial charge in [0.25, 0.3) is 0 Å². The fourth-order valence-corrected chi connectivity index (χ4v) is 3.28. The van der Waals surface area contributed by atoms with E-state index >= 15 is 0 Å². The lowest BCUT2D eigenvalue weighted by Gasteiger charge is -2.28. The van der Waals surface area contributed by atoms with Crippen LogP contribution in [0.15, 0.2) is 22.8 Å². The van der Waals surface area contributed by atoms with Crippen molar-refractivity contribution in [3.05, 3.63) is 46.7 Å². The highest BCUT2D eigenvalue weighted by Crippen LogP contribution is 2.25. The Kier molecular flexibility index (Phi) is 6.66. The molecule has 152 valence electrons. The van der Waals surface area contributed by atoms with Gasteiger partial charge in [0.15, 0.2) is 5.78 Å². The maximum Gasteiger partial charge on any atom is 0.354 e. The maximum absolute atomic E-state index is 13.3. The normalized spacial score (nSPS) is 11.8. The van der Waals surface area contributed by atoms with Gasteiger partial charge in [0, 0.05) is 24.8 Å². The number of ether oxygens (including phenoxy) is 1. The highest BCUT2D eigenvalue weighted by molar-refractivity contribution is 6.06. The molecule has 2 aromatic rings. The molecule has 8 heteroatoms. The molecule has 0 radical (unpaired) electrons. The molecule has 0 spiro atoms. The van der Waals surface area contributed by atoms with E-state index < -0.39 is 12.0 Å². The molecule has 0 aliphatic heterocycles. The third-order valence-corrected chi connectivity index (χ3v) is 4.90. The van der Waals surface area contributed by atoms with Crippen LogP contribution in [-0.2, 0) is 18.3 Å². The van der Waals surface area contributed by atoms with E-state index in [1.807, 2.05) is 6.92 Å². The Balaban J connectivity index is 2.42. The van der Waals surface area contributed by atoms with E-state index in [9.17, 15) is 14.4 Å². The number of urea groups is 1. The van der Waals surface area contributed by atoms with Gasteiger partial charge in [0.1, 0.15) is 11.5 Å². The number of rotatable bonds is 7. The first-order valence-electron chi connectivity index (χ1n) is 9.09. The molecule has 0 bridgehead atoms. The standard InChI is InChI=1S/C20H27N3O5/c1-7-21-20(26)23(11-15-9-8-10-28-15)14(4)18(24)16-12(2)17(19(25)27-6)22(5)13(16)3/h8-10,14H,7,11H2,1-6H3,(H,21,26). The molecule has 1 N–H and O–H groups in total. The van der Waals surface area contributed by atoms with Crippen LogP contribution >= 0.6 is 0 Å². The highest BCUT2D eigenvalue weighted by Gasteiger charge is 2.32. The topological polar surface area (TPSA) is 93.8 Å². The van der Waals surface area contributed by atoms with Crippen molar-refractivity contribution >= 4 is 17.8 Å². The SMILES string of the molecule is CCNC(=O)N(Cc1ccco1)C(C)C(=O)c1c(C)c(C(=O)OC)n(C)c1C. The van der Waals surface area contributed by atoms with Crippen molar-refractivity contribution in [1.82, 2.24) is 14.8 Å². The van der Waals surface area contributed by atoms with Crippen LogP contribution in [0.5, 0.6) is 0 Å². The van der Waals surface area contributed by atoms with E-state index in [0.717, 1.165) is 0 Å². The van der Waals surface area contributed by atoms with Gasteiger partial charge in [-0.15, -0.1) is 0 Å². The zero-order valence-corrected chi connectivity index (χ0v) is 17.2. The first-order chi connectivity index (χ1) is 13.2. The molecule has 28 heavy (non-hydrogen) atoms. The van der Waals surface area contributed by atoms with Crippen molar-refractivity contribution in [2.75, 3.05) is 13.7 Å². The predicted molar refractivity (Wildman–Crippen MR) is 103 cm³/mol. The number of aromatic nitrogens is 1. The number of nitrogens with one attached hydrogen (secondary N) is 1. The third-order valence-electron chi connectivity index (χ3n) is 4.90. The lowest BCUT2D eigenvalue weighted by Crippen LogP contribution is -2.47. The summed E-state index contributed by atoms with van der Waals surface area (Å²) in [5.41, 5.74) is 1.93.